The van der Waals surface area contributed by atoms with Crippen LogP contribution in [0.4, 0.5) is 5.69 Å². The largest absolute Gasteiger partial charge is 0.490 e. The van der Waals surface area contributed by atoms with Gasteiger partial charge in [0.25, 0.3) is 5.69 Å². The summed E-state index contributed by atoms with van der Waals surface area (Å²) in [6, 6.07) is 9.05. The number of aldehydes is 1. The zero-order valence-electron chi connectivity index (χ0n) is 12.3. The molecule has 0 fully saturated rings. The number of ether oxygens (including phenoxy) is 2. The molecule has 2 aromatic carbocycles. The topological polar surface area (TPSA) is 78.7 Å². The highest BCUT2D eigenvalue weighted by Gasteiger charge is 2.13. The molecule has 6 nitrogen and oxygen atoms in total. The predicted molar refractivity (Wildman–Crippen MR) is 85.4 cm³/mol. The third kappa shape index (κ3) is 4.20. The van der Waals surface area contributed by atoms with E-state index >= 15 is 0 Å². The molecule has 7 heteroatoms. The molecule has 0 saturated carbocycles. The van der Waals surface area contributed by atoms with Gasteiger partial charge in [0.1, 0.15) is 12.9 Å². The first kappa shape index (κ1) is 16.8. The average Bonchev–Trinajstić information content (AvgIpc) is 2.54. The Kier molecular flexibility index (Phi) is 5.54. The number of hydrogen-bond acceptors (Lipinski definition) is 5. The Bertz CT molecular complexity index is 715. The van der Waals surface area contributed by atoms with Gasteiger partial charge in [0.2, 0.25) is 0 Å². The Morgan fingerprint density at radius 2 is 1.91 bits per heavy atom. The summed E-state index contributed by atoms with van der Waals surface area (Å²) in [6.45, 7) is 2.37. The predicted octanol–water partition coefficient (Wildman–Crippen LogP) is 4.04. The van der Waals surface area contributed by atoms with Gasteiger partial charge in [0, 0.05) is 17.7 Å². The van der Waals surface area contributed by atoms with Gasteiger partial charge >= 0.3 is 0 Å². The second-order valence-electron chi connectivity index (χ2n) is 4.59. The van der Waals surface area contributed by atoms with Crippen molar-refractivity contribution in [1.29, 1.82) is 0 Å². The van der Waals surface area contributed by atoms with Crippen LogP contribution in [0.1, 0.15) is 22.8 Å². The van der Waals surface area contributed by atoms with E-state index in [0.717, 1.165) is 5.56 Å². The molecule has 0 aromatic heterocycles. The molecule has 0 unspecified atom stereocenters. The minimum atomic E-state index is -0.465. The maximum absolute atomic E-state index is 10.9. The Morgan fingerprint density at radius 3 is 2.48 bits per heavy atom. The van der Waals surface area contributed by atoms with Crippen molar-refractivity contribution in [2.24, 2.45) is 0 Å². The van der Waals surface area contributed by atoms with E-state index in [4.69, 9.17) is 21.1 Å². The second kappa shape index (κ2) is 7.60. The van der Waals surface area contributed by atoms with E-state index in [1.165, 1.54) is 18.2 Å². The van der Waals surface area contributed by atoms with Gasteiger partial charge < -0.3 is 9.47 Å². The molecular formula is C16H14ClNO5. The van der Waals surface area contributed by atoms with E-state index in [0.29, 0.717) is 30.0 Å². The molecule has 0 aliphatic carbocycles. The molecule has 0 N–H and O–H groups in total. The molecule has 0 aliphatic heterocycles. The molecular weight excluding hydrogens is 322 g/mol. The smallest absolute Gasteiger partial charge is 0.269 e. The quantitative estimate of drug-likeness (QED) is 0.433. The zero-order chi connectivity index (χ0) is 16.8. The van der Waals surface area contributed by atoms with Crippen molar-refractivity contribution in [1.82, 2.24) is 0 Å². The molecule has 0 amide bonds. The maximum atomic E-state index is 10.9. The fourth-order valence-corrected chi connectivity index (χ4v) is 2.20. The van der Waals surface area contributed by atoms with Gasteiger partial charge in [-0.05, 0) is 36.8 Å². The van der Waals surface area contributed by atoms with Crippen molar-refractivity contribution in [3.8, 4) is 11.5 Å². The van der Waals surface area contributed by atoms with Gasteiger partial charge in [-0.3, -0.25) is 14.9 Å². The lowest BCUT2D eigenvalue weighted by atomic mass is 10.2. The van der Waals surface area contributed by atoms with E-state index in [9.17, 15) is 14.9 Å². The standard InChI is InChI=1S/C16H14ClNO5/c1-2-22-15-8-12(9-19)7-14(17)16(15)23-10-11-3-5-13(6-4-11)18(20)21/h3-9H,2,10H2,1H3. The minimum Gasteiger partial charge on any atom is -0.490 e. The van der Waals surface area contributed by atoms with Crippen LogP contribution in [0.25, 0.3) is 0 Å². The number of halogens is 1. The molecule has 120 valence electrons. The Labute approximate surface area is 137 Å². The summed E-state index contributed by atoms with van der Waals surface area (Å²) in [7, 11) is 0. The normalized spacial score (nSPS) is 10.2. The molecule has 0 saturated heterocycles. The van der Waals surface area contributed by atoms with E-state index in [1.807, 2.05) is 6.92 Å². The van der Waals surface area contributed by atoms with Crippen LogP contribution in [-0.4, -0.2) is 17.8 Å². The Hall–Kier alpha value is -2.60. The lowest BCUT2D eigenvalue weighted by Gasteiger charge is -2.14. The Balaban J connectivity index is 2.18. The van der Waals surface area contributed by atoms with Crippen LogP contribution >= 0.6 is 11.6 Å². The minimum absolute atomic E-state index is 0.0112. The highest BCUT2D eigenvalue weighted by atomic mass is 35.5. The van der Waals surface area contributed by atoms with Crippen molar-refractivity contribution >= 4 is 23.6 Å². The van der Waals surface area contributed by atoms with Crippen molar-refractivity contribution < 1.29 is 19.2 Å². The van der Waals surface area contributed by atoms with Gasteiger partial charge in [-0.2, -0.15) is 0 Å². The van der Waals surface area contributed by atoms with Crippen molar-refractivity contribution in [2.45, 2.75) is 13.5 Å². The lowest BCUT2D eigenvalue weighted by molar-refractivity contribution is -0.384. The highest BCUT2D eigenvalue weighted by molar-refractivity contribution is 6.32. The molecule has 2 rings (SSSR count). The number of nitro groups is 1. The van der Waals surface area contributed by atoms with Gasteiger partial charge in [0.05, 0.1) is 16.6 Å². The van der Waals surface area contributed by atoms with E-state index in [-0.39, 0.29) is 17.3 Å². The van der Waals surface area contributed by atoms with Crippen LogP contribution < -0.4 is 9.47 Å². The summed E-state index contributed by atoms with van der Waals surface area (Å²) < 4.78 is 11.1. The SMILES string of the molecule is CCOc1cc(C=O)cc(Cl)c1OCc1ccc([N+](=O)[O-])cc1. The first-order valence-electron chi connectivity index (χ1n) is 6.82. The molecule has 0 bridgehead atoms. The number of benzene rings is 2. The summed E-state index contributed by atoms with van der Waals surface area (Å²) in [4.78, 5) is 21.0. The summed E-state index contributed by atoms with van der Waals surface area (Å²) in [5.74, 6) is 0.710. The summed E-state index contributed by atoms with van der Waals surface area (Å²) in [5, 5.41) is 10.9. The first-order chi connectivity index (χ1) is 11.0. The summed E-state index contributed by atoms with van der Waals surface area (Å²) in [6.07, 6.45) is 0.675. The number of hydrogen-bond donors (Lipinski definition) is 0. The average molecular weight is 336 g/mol. The van der Waals surface area contributed by atoms with E-state index in [1.54, 1.807) is 18.2 Å². The number of non-ortho nitro benzene ring substituents is 1. The van der Waals surface area contributed by atoms with Crippen LogP contribution in [0.2, 0.25) is 5.02 Å². The van der Waals surface area contributed by atoms with Gasteiger partial charge in [-0.25, -0.2) is 0 Å². The van der Waals surface area contributed by atoms with E-state index < -0.39 is 4.92 Å². The van der Waals surface area contributed by atoms with Crippen LogP contribution in [0.15, 0.2) is 36.4 Å². The van der Waals surface area contributed by atoms with Crippen molar-refractivity contribution in [3.63, 3.8) is 0 Å². The third-order valence-corrected chi connectivity index (χ3v) is 3.28. The number of rotatable bonds is 7. The number of nitrogens with zero attached hydrogens (tertiary/aromatic N) is 1. The van der Waals surface area contributed by atoms with Crippen molar-refractivity contribution in [2.75, 3.05) is 6.61 Å². The molecule has 0 aliphatic rings. The lowest BCUT2D eigenvalue weighted by Crippen LogP contribution is -2.01. The second-order valence-corrected chi connectivity index (χ2v) is 5.00. The van der Waals surface area contributed by atoms with Gasteiger partial charge in [-0.1, -0.05) is 11.6 Å². The fourth-order valence-electron chi connectivity index (χ4n) is 1.93. The number of carbonyl (C=O) groups excluding carboxylic acids is 1. The summed E-state index contributed by atoms with van der Waals surface area (Å²) in [5.41, 5.74) is 1.15. The molecule has 0 radical (unpaired) electrons. The van der Waals surface area contributed by atoms with Gasteiger partial charge in [0.15, 0.2) is 11.5 Å². The first-order valence-corrected chi connectivity index (χ1v) is 7.20. The molecule has 2 aromatic rings. The zero-order valence-corrected chi connectivity index (χ0v) is 13.1. The van der Waals surface area contributed by atoms with E-state index in [2.05, 4.69) is 0 Å². The monoisotopic (exact) mass is 335 g/mol. The molecule has 0 heterocycles. The fraction of sp³-hybridized carbons (Fsp3) is 0.188. The van der Waals surface area contributed by atoms with Crippen LogP contribution in [0.3, 0.4) is 0 Å². The number of nitro benzene ring substituents is 1. The molecule has 0 spiro atoms. The van der Waals surface area contributed by atoms with Crippen LogP contribution in [-0.2, 0) is 6.61 Å². The van der Waals surface area contributed by atoms with Crippen LogP contribution in [0.5, 0.6) is 11.5 Å². The highest BCUT2D eigenvalue weighted by Crippen LogP contribution is 2.36. The maximum Gasteiger partial charge on any atom is 0.269 e. The third-order valence-electron chi connectivity index (χ3n) is 3.00. The molecule has 23 heavy (non-hydrogen) atoms. The molecule has 0 atom stereocenters. The number of carbonyl (C=O) groups is 1. The summed E-state index contributed by atoms with van der Waals surface area (Å²) >= 11 is 6.13. The Morgan fingerprint density at radius 1 is 1.22 bits per heavy atom. The van der Waals surface area contributed by atoms with Crippen molar-refractivity contribution in [3.05, 3.63) is 62.7 Å². The van der Waals surface area contributed by atoms with Crippen LogP contribution in [0, 0.1) is 10.1 Å². The van der Waals surface area contributed by atoms with Gasteiger partial charge in [-0.15, -0.1) is 0 Å².